The molecule has 0 amide bonds. The van der Waals surface area contributed by atoms with E-state index in [2.05, 4.69) is 52.5 Å². The van der Waals surface area contributed by atoms with Gasteiger partial charge in [0.05, 0.1) is 12.7 Å². The Kier molecular flexibility index (Phi) is 5.23. The van der Waals surface area contributed by atoms with Crippen LogP contribution in [0.1, 0.15) is 99.8 Å². The molecule has 0 bridgehead atoms. The molecule has 5 aliphatic rings. The number of Topliss-reactive ketones (excluding diaryl/α,β-unsaturated/α-hetero) is 1. The Morgan fingerprint density at radius 3 is 2.38 bits per heavy atom. The number of carbonyl (C=O) groups is 1. The Morgan fingerprint density at radius 1 is 1.06 bits per heavy atom. The number of aliphatic hydroxyl groups is 1. The molecule has 9 atom stereocenters. The summed E-state index contributed by atoms with van der Waals surface area (Å²) in [6, 6.07) is 0. The maximum Gasteiger partial charge on any atom is 0.226 e. The van der Waals surface area contributed by atoms with Crippen LogP contribution in [0.2, 0.25) is 0 Å². The molecule has 34 heavy (non-hydrogen) atoms. The average Bonchev–Trinajstić information content (AvgIpc) is 2.77. The average molecular weight is 464 g/mol. The van der Waals surface area contributed by atoms with Crippen LogP contribution in [0.3, 0.4) is 0 Å². The molecule has 186 valence electrons. The predicted molar refractivity (Wildman–Crippen MR) is 137 cm³/mol. The molecular formula is C31H45NO2. The first-order chi connectivity index (χ1) is 15.8. The molecule has 0 unspecified atom stereocenters. The van der Waals surface area contributed by atoms with Crippen molar-refractivity contribution < 1.29 is 9.90 Å². The van der Waals surface area contributed by atoms with Crippen LogP contribution in [0.4, 0.5) is 0 Å². The summed E-state index contributed by atoms with van der Waals surface area (Å²) in [5.41, 5.74) is 2.00. The molecule has 0 spiro atoms. The fourth-order valence-corrected chi connectivity index (χ4v) is 10.2. The molecule has 0 aromatic carbocycles. The highest BCUT2D eigenvalue weighted by Crippen LogP contribution is 2.74. The summed E-state index contributed by atoms with van der Waals surface area (Å²) in [7, 11) is 0. The fourth-order valence-electron chi connectivity index (χ4n) is 10.2. The van der Waals surface area contributed by atoms with E-state index in [-0.39, 0.29) is 39.8 Å². The van der Waals surface area contributed by atoms with Gasteiger partial charge in [-0.25, -0.2) is 4.85 Å². The molecule has 3 fully saturated rings. The van der Waals surface area contributed by atoms with Crippen molar-refractivity contribution in [2.45, 2.75) is 106 Å². The molecule has 0 aromatic heterocycles. The zero-order valence-electron chi connectivity index (χ0n) is 22.5. The lowest BCUT2D eigenvalue weighted by Gasteiger charge is -2.70. The lowest BCUT2D eigenvalue weighted by Crippen LogP contribution is -2.64. The van der Waals surface area contributed by atoms with Gasteiger partial charge in [-0.3, -0.25) is 0 Å². The van der Waals surface area contributed by atoms with E-state index in [1.165, 1.54) is 44.1 Å². The SMILES string of the molecule is [C-]#[N+]C1=C[C@]2(C)C3=C[C@@H](O)[C@@H]4[C@@H]5CC(C)(C)CC[C@]5(CC)CC[C@@]4(C)[C@]3(C)CC[C@H]2[C@H](C)C1=O. The summed E-state index contributed by atoms with van der Waals surface area (Å²) in [5.74, 6) is 0.921. The van der Waals surface area contributed by atoms with Gasteiger partial charge >= 0.3 is 0 Å². The van der Waals surface area contributed by atoms with Crippen molar-refractivity contribution in [3.05, 3.63) is 34.8 Å². The lowest BCUT2D eigenvalue weighted by molar-refractivity contribution is -0.185. The molecule has 0 radical (unpaired) electrons. The smallest absolute Gasteiger partial charge is 0.226 e. The number of aliphatic hydroxyl groups excluding tert-OH is 1. The normalized spacial score (nSPS) is 51.6. The molecule has 1 N–H and O–H groups in total. The number of rotatable bonds is 1. The standard InChI is InChI=1S/C31H45NO2/c1-9-31-14-12-27(3,4)17-21(31)25-23(33)16-24-28(5)18-22(32-8)26(34)19(2)20(28)10-11-29(24,6)30(25,7)13-15-31/h16,18-21,23,25,33H,9-15,17H2,1-7H3/t19-,20-,21-,23+,25-,28-,29+,30+,31+/m0/s1. The van der Waals surface area contributed by atoms with Gasteiger partial charge in [-0.2, -0.15) is 0 Å². The second kappa shape index (κ2) is 7.32. The third-order valence-electron chi connectivity index (χ3n) is 12.6. The highest BCUT2D eigenvalue weighted by molar-refractivity contribution is 6.00. The summed E-state index contributed by atoms with van der Waals surface area (Å²) in [5, 5.41) is 12.0. The quantitative estimate of drug-likeness (QED) is 0.326. The van der Waals surface area contributed by atoms with Crippen LogP contribution >= 0.6 is 0 Å². The van der Waals surface area contributed by atoms with E-state index in [0.29, 0.717) is 22.4 Å². The van der Waals surface area contributed by atoms with E-state index in [1.807, 2.05) is 13.0 Å². The van der Waals surface area contributed by atoms with Crippen molar-refractivity contribution in [1.82, 2.24) is 0 Å². The molecule has 0 saturated heterocycles. The topological polar surface area (TPSA) is 41.7 Å². The molecule has 0 aliphatic heterocycles. The Labute approximate surface area is 207 Å². The maximum absolute atomic E-state index is 12.9. The molecule has 3 heteroatoms. The van der Waals surface area contributed by atoms with Crippen molar-refractivity contribution >= 4 is 5.78 Å². The van der Waals surface area contributed by atoms with Gasteiger partial charge in [0.1, 0.15) is 0 Å². The number of nitrogens with zero attached hydrogens (tertiary/aromatic N) is 1. The molecule has 0 heterocycles. The lowest BCUT2D eigenvalue weighted by atomic mass is 9.34. The van der Waals surface area contributed by atoms with Crippen LogP contribution < -0.4 is 0 Å². The second-order valence-electron chi connectivity index (χ2n) is 14.3. The van der Waals surface area contributed by atoms with Crippen LogP contribution in [-0.2, 0) is 4.79 Å². The minimum atomic E-state index is -0.452. The van der Waals surface area contributed by atoms with E-state index in [4.69, 9.17) is 6.57 Å². The number of fused-ring (bicyclic) bond motifs is 7. The highest BCUT2D eigenvalue weighted by Gasteiger charge is 2.68. The van der Waals surface area contributed by atoms with Crippen LogP contribution in [0.5, 0.6) is 0 Å². The fraction of sp³-hybridized carbons (Fsp3) is 0.806. The number of hydrogen-bond acceptors (Lipinski definition) is 2. The maximum atomic E-state index is 12.9. The van der Waals surface area contributed by atoms with Gasteiger partial charge in [0.15, 0.2) is 5.78 Å². The number of ketones is 1. The van der Waals surface area contributed by atoms with Crippen LogP contribution in [0.25, 0.3) is 4.85 Å². The molecule has 3 saturated carbocycles. The Balaban J connectivity index is 1.67. The zero-order valence-corrected chi connectivity index (χ0v) is 22.5. The number of hydrogen-bond donors (Lipinski definition) is 1. The van der Waals surface area contributed by atoms with E-state index in [0.717, 1.165) is 12.8 Å². The Morgan fingerprint density at radius 2 is 1.74 bits per heavy atom. The van der Waals surface area contributed by atoms with Gasteiger partial charge in [0.25, 0.3) is 0 Å². The molecule has 5 rings (SSSR count). The summed E-state index contributed by atoms with van der Waals surface area (Å²) in [6.07, 6.45) is 13.3. The minimum Gasteiger partial charge on any atom is -0.389 e. The van der Waals surface area contributed by atoms with Gasteiger partial charge in [0, 0.05) is 11.3 Å². The Bertz CT molecular complexity index is 1010. The van der Waals surface area contributed by atoms with Crippen molar-refractivity contribution in [2.75, 3.05) is 0 Å². The van der Waals surface area contributed by atoms with Crippen LogP contribution in [0, 0.1) is 57.3 Å². The first kappa shape index (κ1) is 24.3. The first-order valence-corrected chi connectivity index (χ1v) is 13.8. The Hall–Kier alpha value is -1.40. The number of carbonyl (C=O) groups excluding carboxylic acids is 1. The number of allylic oxidation sites excluding steroid dienone is 3. The van der Waals surface area contributed by atoms with E-state index in [9.17, 15) is 9.90 Å². The van der Waals surface area contributed by atoms with E-state index < -0.39 is 6.10 Å². The van der Waals surface area contributed by atoms with Crippen molar-refractivity contribution in [1.29, 1.82) is 0 Å². The third kappa shape index (κ3) is 2.87. The van der Waals surface area contributed by atoms with Crippen molar-refractivity contribution in [3.63, 3.8) is 0 Å². The molecular weight excluding hydrogens is 418 g/mol. The van der Waals surface area contributed by atoms with E-state index >= 15 is 0 Å². The largest absolute Gasteiger partial charge is 0.389 e. The minimum absolute atomic E-state index is 0.0111. The van der Waals surface area contributed by atoms with E-state index in [1.54, 1.807) is 0 Å². The highest BCUT2D eigenvalue weighted by atomic mass is 16.3. The summed E-state index contributed by atoms with van der Waals surface area (Å²) in [4.78, 5) is 16.5. The predicted octanol–water partition coefficient (Wildman–Crippen LogP) is 7.37. The monoisotopic (exact) mass is 463 g/mol. The van der Waals surface area contributed by atoms with Crippen molar-refractivity contribution in [3.8, 4) is 0 Å². The van der Waals surface area contributed by atoms with Gasteiger partial charge in [0.2, 0.25) is 5.70 Å². The van der Waals surface area contributed by atoms with Crippen molar-refractivity contribution in [2.24, 2.45) is 50.7 Å². The molecule has 3 nitrogen and oxygen atoms in total. The van der Waals surface area contributed by atoms with Gasteiger partial charge in [-0.15, -0.1) is 0 Å². The van der Waals surface area contributed by atoms with Gasteiger partial charge < -0.3 is 9.90 Å². The van der Waals surface area contributed by atoms with Crippen LogP contribution in [0.15, 0.2) is 23.4 Å². The zero-order chi connectivity index (χ0) is 24.9. The summed E-state index contributed by atoms with van der Waals surface area (Å²) >= 11 is 0. The third-order valence-corrected chi connectivity index (χ3v) is 12.6. The summed E-state index contributed by atoms with van der Waals surface area (Å²) in [6.45, 7) is 24.2. The van der Waals surface area contributed by atoms with Gasteiger partial charge in [-0.1, -0.05) is 72.6 Å². The van der Waals surface area contributed by atoms with Gasteiger partial charge in [-0.05, 0) is 84.4 Å². The first-order valence-electron chi connectivity index (χ1n) is 13.8. The summed E-state index contributed by atoms with van der Waals surface area (Å²) < 4.78 is 0. The molecule has 0 aromatic rings. The second-order valence-corrected chi connectivity index (χ2v) is 14.3. The van der Waals surface area contributed by atoms with Crippen LogP contribution in [-0.4, -0.2) is 17.0 Å². The molecule has 5 aliphatic carbocycles.